The van der Waals surface area contributed by atoms with Crippen LogP contribution in [0, 0.1) is 5.92 Å². The monoisotopic (exact) mass is 487 g/mol. The maximum Gasteiger partial charge on any atom is 0.410 e. The predicted octanol–water partition coefficient (Wildman–Crippen LogP) is 6.00. The number of benzene rings is 3. The highest BCUT2D eigenvalue weighted by molar-refractivity contribution is 5.69. The van der Waals surface area contributed by atoms with Crippen molar-refractivity contribution in [2.24, 2.45) is 5.92 Å². The van der Waals surface area contributed by atoms with Crippen LogP contribution in [-0.2, 0) is 15.1 Å². The molecule has 4 rings (SSSR count). The molecule has 5 heteroatoms. The number of rotatable bonds is 7. The summed E-state index contributed by atoms with van der Waals surface area (Å²) in [5.74, 6) is -0.0364. The molecule has 1 aliphatic rings. The molecule has 0 aromatic heterocycles. The first kappa shape index (κ1) is 25.9. The number of ether oxygens (including phenoxy) is 2. The van der Waals surface area contributed by atoms with E-state index in [1.54, 1.807) is 4.90 Å². The van der Waals surface area contributed by atoms with Gasteiger partial charge in [0.05, 0.1) is 12.6 Å². The normalized spacial score (nSPS) is 20.4. The number of carbonyl (C=O) groups excluding carboxylic acids is 1. The maximum absolute atomic E-state index is 13.2. The van der Waals surface area contributed by atoms with Crippen LogP contribution in [0.5, 0.6) is 0 Å². The Labute approximate surface area is 214 Å². The van der Waals surface area contributed by atoms with Crippen molar-refractivity contribution in [2.75, 3.05) is 13.2 Å². The van der Waals surface area contributed by atoms with Crippen LogP contribution in [0.3, 0.4) is 0 Å². The Bertz CT molecular complexity index is 1010. The van der Waals surface area contributed by atoms with Crippen LogP contribution < -0.4 is 0 Å². The second-order valence-corrected chi connectivity index (χ2v) is 10.6. The molecular weight excluding hydrogens is 450 g/mol. The Kier molecular flexibility index (Phi) is 7.82. The minimum absolute atomic E-state index is 0.0121. The summed E-state index contributed by atoms with van der Waals surface area (Å²) < 4.78 is 12.7. The molecule has 3 atom stereocenters. The average Bonchev–Trinajstić information content (AvgIpc) is 3.20. The number of hydrogen-bond donors (Lipinski definition) is 1. The van der Waals surface area contributed by atoms with Gasteiger partial charge >= 0.3 is 6.09 Å². The molecule has 3 aromatic rings. The lowest BCUT2D eigenvalue weighted by atomic mass is 9.80. The van der Waals surface area contributed by atoms with Crippen molar-refractivity contribution in [1.82, 2.24) is 4.90 Å². The average molecular weight is 488 g/mol. The summed E-state index contributed by atoms with van der Waals surface area (Å²) in [6.07, 6.45) is 0.273. The highest BCUT2D eigenvalue weighted by Crippen LogP contribution is 2.42. The van der Waals surface area contributed by atoms with Crippen LogP contribution in [0.4, 0.5) is 4.79 Å². The molecule has 1 heterocycles. The van der Waals surface area contributed by atoms with Gasteiger partial charge in [0.15, 0.2) is 0 Å². The van der Waals surface area contributed by atoms with Crippen LogP contribution >= 0.6 is 0 Å². The van der Waals surface area contributed by atoms with E-state index < -0.39 is 11.2 Å². The van der Waals surface area contributed by atoms with E-state index in [9.17, 15) is 9.90 Å². The summed E-state index contributed by atoms with van der Waals surface area (Å²) in [6.45, 7) is 7.88. The summed E-state index contributed by atoms with van der Waals surface area (Å²) in [5, 5.41) is 10.0. The van der Waals surface area contributed by atoms with Gasteiger partial charge < -0.3 is 14.6 Å². The Morgan fingerprint density at radius 3 is 1.69 bits per heavy atom. The van der Waals surface area contributed by atoms with Gasteiger partial charge in [0.2, 0.25) is 0 Å². The number of aliphatic hydroxyl groups is 1. The van der Waals surface area contributed by atoms with E-state index in [0.717, 1.165) is 16.7 Å². The minimum atomic E-state index is -0.871. The van der Waals surface area contributed by atoms with Gasteiger partial charge in [-0.2, -0.15) is 0 Å². The van der Waals surface area contributed by atoms with Gasteiger partial charge in [0.25, 0.3) is 0 Å². The minimum Gasteiger partial charge on any atom is -0.444 e. The first-order valence-corrected chi connectivity index (χ1v) is 12.7. The van der Waals surface area contributed by atoms with E-state index in [-0.39, 0.29) is 30.7 Å². The van der Waals surface area contributed by atoms with Crippen LogP contribution in [0.15, 0.2) is 91.0 Å². The van der Waals surface area contributed by atoms with Gasteiger partial charge in [-0.25, -0.2) is 4.79 Å². The van der Waals surface area contributed by atoms with Crippen LogP contribution in [0.1, 0.15) is 50.8 Å². The van der Waals surface area contributed by atoms with Crippen molar-refractivity contribution in [1.29, 1.82) is 0 Å². The highest BCUT2D eigenvalue weighted by atomic mass is 16.6. The molecule has 1 aliphatic heterocycles. The van der Waals surface area contributed by atoms with Crippen molar-refractivity contribution in [2.45, 2.75) is 57.4 Å². The summed E-state index contributed by atoms with van der Waals surface area (Å²) in [6, 6.07) is 30.2. The smallest absolute Gasteiger partial charge is 0.410 e. The third-order valence-corrected chi connectivity index (χ3v) is 6.96. The second-order valence-electron chi connectivity index (χ2n) is 10.6. The van der Waals surface area contributed by atoms with Gasteiger partial charge in [-0.05, 0) is 50.8 Å². The quantitative estimate of drug-likeness (QED) is 0.415. The molecule has 0 saturated carbocycles. The number of aliphatic hydroxyl groups excluding tert-OH is 1. The Morgan fingerprint density at radius 2 is 1.31 bits per heavy atom. The molecule has 1 amide bonds. The largest absolute Gasteiger partial charge is 0.444 e. The SMILES string of the molecule is C[C@H]1[C@H](CO)C[C@H](COC(c2ccccc2)(c2ccccc2)c2ccccc2)N1C(=O)OC(C)(C)C. The van der Waals surface area contributed by atoms with Gasteiger partial charge in [0.1, 0.15) is 11.2 Å². The van der Waals surface area contributed by atoms with Crippen molar-refractivity contribution < 1.29 is 19.4 Å². The molecule has 190 valence electrons. The summed E-state index contributed by atoms with van der Waals surface area (Å²) in [5.41, 5.74) is 1.55. The zero-order chi connectivity index (χ0) is 25.8. The van der Waals surface area contributed by atoms with E-state index in [1.165, 1.54) is 0 Å². The molecule has 36 heavy (non-hydrogen) atoms. The van der Waals surface area contributed by atoms with Crippen molar-refractivity contribution in [3.05, 3.63) is 108 Å². The topological polar surface area (TPSA) is 59.0 Å². The number of amides is 1. The fraction of sp³-hybridized carbons (Fsp3) is 0.387. The van der Waals surface area contributed by atoms with Crippen LogP contribution in [0.2, 0.25) is 0 Å². The predicted molar refractivity (Wildman–Crippen MR) is 142 cm³/mol. The van der Waals surface area contributed by atoms with E-state index in [2.05, 4.69) is 36.4 Å². The van der Waals surface area contributed by atoms with E-state index >= 15 is 0 Å². The number of nitrogens with zero attached hydrogens (tertiary/aromatic N) is 1. The van der Waals surface area contributed by atoms with Crippen molar-refractivity contribution in [3.63, 3.8) is 0 Å². The molecule has 0 spiro atoms. The van der Waals surface area contributed by atoms with E-state index in [1.807, 2.05) is 82.3 Å². The Hall–Kier alpha value is -3.15. The Balaban J connectivity index is 1.75. The summed E-state index contributed by atoms with van der Waals surface area (Å²) >= 11 is 0. The maximum atomic E-state index is 13.2. The molecule has 0 aliphatic carbocycles. The fourth-order valence-corrected chi connectivity index (χ4v) is 5.21. The van der Waals surface area contributed by atoms with E-state index in [0.29, 0.717) is 13.0 Å². The van der Waals surface area contributed by atoms with Crippen LogP contribution in [-0.4, -0.2) is 47.0 Å². The second kappa shape index (κ2) is 10.9. The molecule has 5 nitrogen and oxygen atoms in total. The number of likely N-dealkylation sites (tertiary alicyclic amines) is 1. The summed E-state index contributed by atoms with van der Waals surface area (Å²) in [7, 11) is 0. The van der Waals surface area contributed by atoms with Gasteiger partial charge in [-0.1, -0.05) is 91.0 Å². The van der Waals surface area contributed by atoms with E-state index in [4.69, 9.17) is 9.47 Å². The van der Waals surface area contributed by atoms with Crippen molar-refractivity contribution in [3.8, 4) is 0 Å². The number of hydrogen-bond acceptors (Lipinski definition) is 4. The molecule has 0 radical (unpaired) electrons. The zero-order valence-electron chi connectivity index (χ0n) is 21.6. The standard InChI is InChI=1S/C31H37NO4/c1-23-24(21-33)20-28(32(23)29(34)36-30(2,3)4)22-35-31(25-14-8-5-9-15-25,26-16-10-6-11-17-26)27-18-12-7-13-19-27/h5-19,23-24,28,33H,20-22H2,1-4H3/t23-,24-,28+/m0/s1. The molecule has 0 unspecified atom stereocenters. The van der Waals surface area contributed by atoms with Crippen molar-refractivity contribution >= 4 is 6.09 Å². The lowest BCUT2D eigenvalue weighted by Crippen LogP contribution is -2.47. The number of carbonyl (C=O) groups is 1. The lowest BCUT2D eigenvalue weighted by Gasteiger charge is -2.38. The summed E-state index contributed by atoms with van der Waals surface area (Å²) in [4.78, 5) is 15.0. The third-order valence-electron chi connectivity index (χ3n) is 6.96. The Morgan fingerprint density at radius 1 is 0.861 bits per heavy atom. The molecule has 1 N–H and O–H groups in total. The van der Waals surface area contributed by atoms with Gasteiger partial charge in [-0.15, -0.1) is 0 Å². The molecular formula is C31H37NO4. The highest BCUT2D eigenvalue weighted by Gasteiger charge is 2.45. The van der Waals surface area contributed by atoms with Crippen LogP contribution in [0.25, 0.3) is 0 Å². The first-order valence-electron chi connectivity index (χ1n) is 12.7. The molecule has 1 saturated heterocycles. The fourth-order valence-electron chi connectivity index (χ4n) is 5.21. The molecule has 1 fully saturated rings. The van der Waals surface area contributed by atoms with Gasteiger partial charge in [-0.3, -0.25) is 4.90 Å². The molecule has 3 aromatic carbocycles. The van der Waals surface area contributed by atoms with Gasteiger partial charge in [0, 0.05) is 18.6 Å². The lowest BCUT2D eigenvalue weighted by molar-refractivity contribution is -0.0298. The third kappa shape index (κ3) is 5.32. The first-order chi connectivity index (χ1) is 17.3. The zero-order valence-corrected chi connectivity index (χ0v) is 21.6. The molecule has 0 bridgehead atoms.